The second kappa shape index (κ2) is 3.85. The van der Waals surface area contributed by atoms with Crippen LogP contribution < -0.4 is 0 Å². The van der Waals surface area contributed by atoms with Gasteiger partial charge in [-0.15, -0.1) is 11.3 Å². The van der Waals surface area contributed by atoms with E-state index in [-0.39, 0.29) is 5.57 Å². The normalized spacial score (nSPS) is 12.3. The van der Waals surface area contributed by atoms with Crippen LogP contribution in [-0.2, 0) is 0 Å². The van der Waals surface area contributed by atoms with Crippen molar-refractivity contribution in [1.82, 2.24) is 0 Å². The largest absolute Gasteiger partial charge is 0.383 e. The molecule has 2 nitrogen and oxygen atoms in total. The standard InChI is InChI=1S/C12H9NOS/c1-8(6-13)12(14)10-7-15-11-5-3-2-4-9(10)11/h2-5,7,12,14H,1H2. The van der Waals surface area contributed by atoms with Crippen molar-refractivity contribution in [2.45, 2.75) is 6.10 Å². The van der Waals surface area contributed by atoms with Crippen molar-refractivity contribution in [3.8, 4) is 6.07 Å². The van der Waals surface area contributed by atoms with Crippen LogP contribution in [0.3, 0.4) is 0 Å². The lowest BCUT2D eigenvalue weighted by Gasteiger charge is -2.06. The number of aliphatic hydroxyl groups excluding tert-OH is 1. The molecule has 0 bridgehead atoms. The summed E-state index contributed by atoms with van der Waals surface area (Å²) in [5, 5.41) is 21.4. The van der Waals surface area contributed by atoms with Crippen molar-refractivity contribution in [3.05, 3.63) is 47.4 Å². The second-order valence-corrected chi connectivity index (χ2v) is 4.14. The third-order valence-corrected chi connectivity index (χ3v) is 3.26. The molecule has 1 aromatic carbocycles. The number of nitrogens with zero attached hydrogens (tertiary/aromatic N) is 1. The zero-order chi connectivity index (χ0) is 10.8. The third-order valence-electron chi connectivity index (χ3n) is 2.28. The van der Waals surface area contributed by atoms with E-state index in [0.29, 0.717) is 0 Å². The van der Waals surface area contributed by atoms with Crippen molar-refractivity contribution in [3.63, 3.8) is 0 Å². The molecule has 15 heavy (non-hydrogen) atoms. The van der Waals surface area contributed by atoms with Crippen LogP contribution in [0.15, 0.2) is 41.8 Å². The highest BCUT2D eigenvalue weighted by atomic mass is 32.1. The first-order valence-corrected chi connectivity index (χ1v) is 5.35. The van der Waals surface area contributed by atoms with Crippen LogP contribution in [0.4, 0.5) is 0 Å². The number of hydrogen-bond donors (Lipinski definition) is 1. The number of aliphatic hydroxyl groups is 1. The van der Waals surface area contributed by atoms with E-state index in [1.165, 1.54) is 0 Å². The predicted octanol–water partition coefficient (Wildman–Crippen LogP) is 3.01. The topological polar surface area (TPSA) is 44.0 Å². The van der Waals surface area contributed by atoms with Gasteiger partial charge in [-0.05, 0) is 16.8 Å². The molecule has 0 spiro atoms. The molecule has 2 aromatic rings. The molecule has 2 rings (SSSR count). The van der Waals surface area contributed by atoms with E-state index in [0.717, 1.165) is 15.6 Å². The summed E-state index contributed by atoms with van der Waals surface area (Å²) in [6.07, 6.45) is -0.883. The van der Waals surface area contributed by atoms with Gasteiger partial charge in [-0.1, -0.05) is 24.8 Å². The Balaban J connectivity index is 2.54. The molecule has 1 aromatic heterocycles. The molecular formula is C12H9NOS. The highest BCUT2D eigenvalue weighted by molar-refractivity contribution is 7.17. The molecule has 3 heteroatoms. The van der Waals surface area contributed by atoms with Crippen molar-refractivity contribution < 1.29 is 5.11 Å². The smallest absolute Gasteiger partial charge is 0.115 e. The summed E-state index contributed by atoms with van der Waals surface area (Å²) in [5.41, 5.74) is 0.945. The summed E-state index contributed by atoms with van der Waals surface area (Å²) in [6, 6.07) is 9.68. The lowest BCUT2D eigenvalue weighted by molar-refractivity contribution is 0.223. The Kier molecular flexibility index (Phi) is 2.55. The average Bonchev–Trinajstić information content (AvgIpc) is 2.70. The van der Waals surface area contributed by atoms with Gasteiger partial charge in [0.15, 0.2) is 0 Å². The minimum Gasteiger partial charge on any atom is -0.383 e. The Morgan fingerprint density at radius 2 is 2.20 bits per heavy atom. The molecule has 74 valence electrons. The van der Waals surface area contributed by atoms with Crippen LogP contribution in [0.25, 0.3) is 10.1 Å². The first-order valence-electron chi connectivity index (χ1n) is 4.47. The Labute approximate surface area is 91.7 Å². The third kappa shape index (κ3) is 1.65. The van der Waals surface area contributed by atoms with Crippen LogP contribution in [-0.4, -0.2) is 5.11 Å². The second-order valence-electron chi connectivity index (χ2n) is 3.23. The van der Waals surface area contributed by atoms with E-state index >= 15 is 0 Å². The Morgan fingerprint density at radius 3 is 2.93 bits per heavy atom. The number of rotatable bonds is 2. The van der Waals surface area contributed by atoms with Crippen LogP contribution in [0, 0.1) is 11.3 Å². The minimum atomic E-state index is -0.883. The van der Waals surface area contributed by atoms with Gasteiger partial charge in [0.05, 0.1) is 11.6 Å². The van der Waals surface area contributed by atoms with E-state index in [4.69, 9.17) is 5.26 Å². The van der Waals surface area contributed by atoms with E-state index in [1.807, 2.05) is 35.7 Å². The van der Waals surface area contributed by atoms with Gasteiger partial charge in [0.2, 0.25) is 0 Å². The molecule has 0 amide bonds. The van der Waals surface area contributed by atoms with Gasteiger partial charge < -0.3 is 5.11 Å². The molecular weight excluding hydrogens is 206 g/mol. The van der Waals surface area contributed by atoms with Gasteiger partial charge in [0.25, 0.3) is 0 Å². The number of fused-ring (bicyclic) bond motifs is 1. The van der Waals surface area contributed by atoms with E-state index in [9.17, 15) is 5.11 Å². The van der Waals surface area contributed by atoms with Crippen molar-refractivity contribution >= 4 is 21.4 Å². The fourth-order valence-electron chi connectivity index (χ4n) is 1.46. The van der Waals surface area contributed by atoms with Crippen LogP contribution in [0.5, 0.6) is 0 Å². The number of benzene rings is 1. The maximum atomic E-state index is 9.86. The van der Waals surface area contributed by atoms with Crippen molar-refractivity contribution in [1.29, 1.82) is 5.26 Å². The molecule has 0 radical (unpaired) electrons. The van der Waals surface area contributed by atoms with Gasteiger partial charge in [0, 0.05) is 10.3 Å². The van der Waals surface area contributed by atoms with Crippen molar-refractivity contribution in [2.75, 3.05) is 0 Å². The number of hydrogen-bond acceptors (Lipinski definition) is 3. The van der Waals surface area contributed by atoms with Gasteiger partial charge in [-0.2, -0.15) is 5.26 Å². The fraction of sp³-hybridized carbons (Fsp3) is 0.0833. The first kappa shape index (κ1) is 9.91. The molecule has 0 aliphatic heterocycles. The molecule has 1 heterocycles. The summed E-state index contributed by atoms with van der Waals surface area (Å²) in [6.45, 7) is 3.53. The molecule has 1 unspecified atom stereocenters. The Morgan fingerprint density at radius 1 is 1.47 bits per heavy atom. The zero-order valence-electron chi connectivity index (χ0n) is 7.97. The predicted molar refractivity (Wildman–Crippen MR) is 61.5 cm³/mol. The maximum absolute atomic E-state index is 9.86. The zero-order valence-corrected chi connectivity index (χ0v) is 8.79. The maximum Gasteiger partial charge on any atom is 0.115 e. The monoisotopic (exact) mass is 215 g/mol. The molecule has 1 atom stereocenters. The van der Waals surface area contributed by atoms with E-state index < -0.39 is 6.10 Å². The van der Waals surface area contributed by atoms with Crippen LogP contribution in [0.2, 0.25) is 0 Å². The molecule has 0 aliphatic rings. The molecule has 0 fully saturated rings. The summed E-state index contributed by atoms with van der Waals surface area (Å²) in [5.74, 6) is 0. The van der Waals surface area contributed by atoms with Crippen LogP contribution in [0.1, 0.15) is 11.7 Å². The van der Waals surface area contributed by atoms with Gasteiger partial charge in [-0.25, -0.2) is 0 Å². The highest BCUT2D eigenvalue weighted by Crippen LogP contribution is 2.32. The number of nitriles is 1. The average molecular weight is 215 g/mol. The number of thiophene rings is 1. The SMILES string of the molecule is C=C(C#N)C(O)c1csc2ccccc12. The van der Waals surface area contributed by atoms with Crippen LogP contribution >= 0.6 is 11.3 Å². The molecule has 0 aliphatic carbocycles. The lowest BCUT2D eigenvalue weighted by atomic mass is 10.0. The Hall–Kier alpha value is -1.63. The van der Waals surface area contributed by atoms with E-state index in [1.54, 1.807) is 11.3 Å². The first-order chi connectivity index (χ1) is 7.24. The fourth-order valence-corrected chi connectivity index (χ4v) is 2.44. The van der Waals surface area contributed by atoms with Gasteiger partial charge in [0.1, 0.15) is 6.10 Å². The quantitative estimate of drug-likeness (QED) is 0.782. The summed E-state index contributed by atoms with van der Waals surface area (Å²) >= 11 is 1.56. The lowest BCUT2D eigenvalue weighted by Crippen LogP contribution is -1.97. The summed E-state index contributed by atoms with van der Waals surface area (Å²) in [4.78, 5) is 0. The Bertz CT molecular complexity index is 550. The van der Waals surface area contributed by atoms with Gasteiger partial charge in [-0.3, -0.25) is 0 Å². The molecule has 0 saturated carbocycles. The molecule has 1 N–H and O–H groups in total. The minimum absolute atomic E-state index is 0.179. The summed E-state index contributed by atoms with van der Waals surface area (Å²) < 4.78 is 1.11. The van der Waals surface area contributed by atoms with Gasteiger partial charge >= 0.3 is 0 Å². The highest BCUT2D eigenvalue weighted by Gasteiger charge is 2.15. The van der Waals surface area contributed by atoms with Crippen molar-refractivity contribution in [2.24, 2.45) is 0 Å². The van der Waals surface area contributed by atoms with E-state index in [2.05, 4.69) is 6.58 Å². The molecule has 0 saturated heterocycles. The summed E-state index contributed by atoms with van der Waals surface area (Å²) in [7, 11) is 0.